The number of allylic oxidation sites excluding steroid dienone is 1. The van der Waals surface area contributed by atoms with Crippen LogP contribution in [0.1, 0.15) is 44.9 Å². The molecule has 130 valence electrons. The molecular formula is C18H31N3O2. The van der Waals surface area contributed by atoms with Gasteiger partial charge in [-0.05, 0) is 44.9 Å². The molecule has 0 spiro atoms. The fraction of sp³-hybridized carbons (Fsp3) is 0.833. The molecule has 3 rings (SSSR count). The Balaban J connectivity index is 1.31. The lowest BCUT2D eigenvalue weighted by Gasteiger charge is -2.35. The third kappa shape index (κ3) is 5.21. The van der Waals surface area contributed by atoms with Crippen molar-refractivity contribution in [3.05, 3.63) is 11.6 Å². The molecule has 1 unspecified atom stereocenters. The molecule has 5 heteroatoms. The number of nitrogens with one attached hydrogen (secondary N) is 1. The maximum absolute atomic E-state index is 12.2. The quantitative estimate of drug-likeness (QED) is 0.791. The standard InChI is InChI=1S/C18H31N3O2/c22-18(19-15-17-7-4-14-23-17)21-12-10-20(11-13-21)9-8-16-5-2-1-3-6-16/h5,17H,1-4,6-15H2,(H,19,22). The van der Waals surface area contributed by atoms with Crippen LogP contribution in [0.15, 0.2) is 11.6 Å². The fourth-order valence-corrected chi connectivity index (χ4v) is 3.73. The second kappa shape index (κ2) is 8.69. The molecule has 0 saturated carbocycles. The number of ether oxygens (including phenoxy) is 1. The molecular weight excluding hydrogens is 290 g/mol. The fourth-order valence-electron chi connectivity index (χ4n) is 3.73. The monoisotopic (exact) mass is 321 g/mol. The number of hydrogen-bond donors (Lipinski definition) is 1. The first-order valence-electron chi connectivity index (χ1n) is 9.36. The lowest BCUT2D eigenvalue weighted by Crippen LogP contribution is -2.52. The van der Waals surface area contributed by atoms with Crippen LogP contribution >= 0.6 is 0 Å². The van der Waals surface area contributed by atoms with Gasteiger partial charge < -0.3 is 15.0 Å². The number of carbonyl (C=O) groups excluding carboxylic acids is 1. The van der Waals surface area contributed by atoms with Gasteiger partial charge in [-0.15, -0.1) is 0 Å². The van der Waals surface area contributed by atoms with E-state index in [0.29, 0.717) is 6.54 Å². The van der Waals surface area contributed by atoms with Crippen LogP contribution < -0.4 is 5.32 Å². The molecule has 1 atom stereocenters. The predicted molar refractivity (Wildman–Crippen MR) is 91.6 cm³/mol. The summed E-state index contributed by atoms with van der Waals surface area (Å²) in [6, 6.07) is 0.0788. The lowest BCUT2D eigenvalue weighted by atomic mass is 9.97. The number of hydrogen-bond acceptors (Lipinski definition) is 3. The molecule has 5 nitrogen and oxygen atoms in total. The Bertz CT molecular complexity index is 410. The summed E-state index contributed by atoms with van der Waals surface area (Å²) in [4.78, 5) is 16.6. The van der Waals surface area contributed by atoms with Crippen molar-refractivity contribution >= 4 is 6.03 Å². The van der Waals surface area contributed by atoms with E-state index in [1.807, 2.05) is 4.90 Å². The van der Waals surface area contributed by atoms with Crippen LogP contribution in [-0.4, -0.2) is 67.8 Å². The molecule has 2 heterocycles. The Morgan fingerprint density at radius 1 is 1.22 bits per heavy atom. The molecule has 2 saturated heterocycles. The van der Waals surface area contributed by atoms with Gasteiger partial charge in [0.25, 0.3) is 0 Å². The van der Waals surface area contributed by atoms with Crippen molar-refractivity contribution in [2.24, 2.45) is 0 Å². The van der Waals surface area contributed by atoms with Crippen LogP contribution in [0.5, 0.6) is 0 Å². The molecule has 0 radical (unpaired) electrons. The van der Waals surface area contributed by atoms with Gasteiger partial charge in [0.2, 0.25) is 0 Å². The number of rotatable bonds is 5. The average molecular weight is 321 g/mol. The van der Waals surface area contributed by atoms with Crippen LogP contribution in [0.3, 0.4) is 0 Å². The topological polar surface area (TPSA) is 44.8 Å². The summed E-state index contributed by atoms with van der Waals surface area (Å²) in [5.41, 5.74) is 1.65. The summed E-state index contributed by atoms with van der Waals surface area (Å²) in [5.74, 6) is 0. The van der Waals surface area contributed by atoms with Crippen LogP contribution in [0.2, 0.25) is 0 Å². The second-order valence-electron chi connectivity index (χ2n) is 7.01. The zero-order valence-corrected chi connectivity index (χ0v) is 14.3. The first-order valence-corrected chi connectivity index (χ1v) is 9.36. The minimum absolute atomic E-state index is 0.0788. The van der Waals surface area contributed by atoms with Gasteiger partial charge in [0.15, 0.2) is 0 Å². The van der Waals surface area contributed by atoms with E-state index in [4.69, 9.17) is 4.74 Å². The number of carbonyl (C=O) groups is 1. The van der Waals surface area contributed by atoms with Crippen molar-refractivity contribution in [1.29, 1.82) is 0 Å². The largest absolute Gasteiger partial charge is 0.376 e. The summed E-state index contributed by atoms with van der Waals surface area (Å²) >= 11 is 0. The number of piperazine rings is 1. The van der Waals surface area contributed by atoms with Gasteiger partial charge in [0.1, 0.15) is 0 Å². The van der Waals surface area contributed by atoms with E-state index in [-0.39, 0.29) is 12.1 Å². The van der Waals surface area contributed by atoms with E-state index in [2.05, 4.69) is 16.3 Å². The minimum Gasteiger partial charge on any atom is -0.376 e. The Morgan fingerprint density at radius 3 is 2.78 bits per heavy atom. The third-order valence-corrected chi connectivity index (χ3v) is 5.30. The Morgan fingerprint density at radius 2 is 2.09 bits per heavy atom. The van der Waals surface area contributed by atoms with Gasteiger partial charge in [-0.25, -0.2) is 4.79 Å². The smallest absolute Gasteiger partial charge is 0.317 e. The molecule has 1 aliphatic carbocycles. The van der Waals surface area contributed by atoms with E-state index >= 15 is 0 Å². The van der Waals surface area contributed by atoms with Crippen molar-refractivity contribution < 1.29 is 9.53 Å². The first-order chi connectivity index (χ1) is 11.3. The maximum atomic E-state index is 12.2. The Labute approximate surface area is 140 Å². The van der Waals surface area contributed by atoms with Gasteiger partial charge in [0.05, 0.1) is 6.10 Å². The summed E-state index contributed by atoms with van der Waals surface area (Å²) in [6.07, 6.45) is 11.4. The summed E-state index contributed by atoms with van der Waals surface area (Å²) in [7, 11) is 0. The normalized spacial score (nSPS) is 26.2. The molecule has 0 aromatic carbocycles. The van der Waals surface area contributed by atoms with Gasteiger partial charge in [-0.3, -0.25) is 4.90 Å². The van der Waals surface area contributed by atoms with Gasteiger partial charge in [0, 0.05) is 45.9 Å². The van der Waals surface area contributed by atoms with Crippen molar-refractivity contribution in [3.8, 4) is 0 Å². The van der Waals surface area contributed by atoms with Crippen molar-refractivity contribution in [3.63, 3.8) is 0 Å². The maximum Gasteiger partial charge on any atom is 0.317 e. The Hall–Kier alpha value is -1.07. The van der Waals surface area contributed by atoms with Crippen molar-refractivity contribution in [1.82, 2.24) is 15.1 Å². The molecule has 0 aromatic rings. The van der Waals surface area contributed by atoms with Crippen molar-refractivity contribution in [2.45, 2.75) is 51.0 Å². The van der Waals surface area contributed by atoms with Gasteiger partial charge in [-0.2, -0.15) is 0 Å². The highest BCUT2D eigenvalue weighted by atomic mass is 16.5. The first kappa shape index (κ1) is 16.8. The highest BCUT2D eigenvalue weighted by molar-refractivity contribution is 5.74. The Kier molecular flexibility index (Phi) is 6.34. The molecule has 1 N–H and O–H groups in total. The van der Waals surface area contributed by atoms with E-state index in [9.17, 15) is 4.79 Å². The third-order valence-electron chi connectivity index (χ3n) is 5.30. The molecule has 0 aromatic heterocycles. The summed E-state index contributed by atoms with van der Waals surface area (Å²) in [5, 5.41) is 3.03. The van der Waals surface area contributed by atoms with Gasteiger partial charge >= 0.3 is 6.03 Å². The molecule has 23 heavy (non-hydrogen) atoms. The minimum atomic E-state index is 0.0788. The van der Waals surface area contributed by atoms with E-state index < -0.39 is 0 Å². The SMILES string of the molecule is O=C(NCC1CCCO1)N1CCN(CCC2=CCCCC2)CC1. The second-order valence-corrected chi connectivity index (χ2v) is 7.01. The summed E-state index contributed by atoms with van der Waals surface area (Å²) in [6.45, 7) is 6.34. The zero-order chi connectivity index (χ0) is 15.9. The number of amides is 2. The predicted octanol–water partition coefficient (Wildman–Crippen LogP) is 2.38. The van der Waals surface area contributed by atoms with E-state index in [1.165, 1.54) is 32.1 Å². The molecule has 2 amide bonds. The number of nitrogens with zero attached hydrogens (tertiary/aromatic N) is 2. The van der Waals surface area contributed by atoms with Gasteiger partial charge in [-0.1, -0.05) is 11.6 Å². The van der Waals surface area contributed by atoms with Crippen molar-refractivity contribution in [2.75, 3.05) is 45.9 Å². The molecule has 2 fully saturated rings. The number of urea groups is 1. The zero-order valence-electron chi connectivity index (χ0n) is 14.3. The average Bonchev–Trinajstić information content (AvgIpc) is 3.13. The van der Waals surface area contributed by atoms with Crippen LogP contribution in [-0.2, 0) is 4.74 Å². The lowest BCUT2D eigenvalue weighted by molar-refractivity contribution is 0.104. The summed E-state index contributed by atoms with van der Waals surface area (Å²) < 4.78 is 5.55. The van der Waals surface area contributed by atoms with Crippen LogP contribution in [0.4, 0.5) is 4.79 Å². The van der Waals surface area contributed by atoms with Crippen LogP contribution in [0.25, 0.3) is 0 Å². The highest BCUT2D eigenvalue weighted by Gasteiger charge is 2.22. The van der Waals surface area contributed by atoms with Crippen LogP contribution in [0, 0.1) is 0 Å². The molecule has 2 aliphatic heterocycles. The van der Waals surface area contributed by atoms with E-state index in [1.54, 1.807) is 5.57 Å². The highest BCUT2D eigenvalue weighted by Crippen LogP contribution is 2.20. The van der Waals surface area contributed by atoms with E-state index in [0.717, 1.165) is 52.2 Å². The molecule has 3 aliphatic rings. The molecule has 0 bridgehead atoms.